The number of rotatable bonds is 4. The van der Waals surface area contributed by atoms with E-state index in [9.17, 15) is 9.59 Å². The molecule has 0 saturated heterocycles. The Morgan fingerprint density at radius 3 is 2.17 bits per heavy atom. The van der Waals surface area contributed by atoms with Crippen molar-refractivity contribution in [3.8, 4) is 0 Å². The summed E-state index contributed by atoms with van der Waals surface area (Å²) in [5.41, 5.74) is 4.62. The number of para-hydroxylation sites is 1. The summed E-state index contributed by atoms with van der Waals surface area (Å²) in [6.07, 6.45) is 0. The van der Waals surface area contributed by atoms with Gasteiger partial charge in [-0.25, -0.2) is 0 Å². The van der Waals surface area contributed by atoms with Crippen molar-refractivity contribution in [2.24, 2.45) is 0 Å². The van der Waals surface area contributed by atoms with Crippen molar-refractivity contribution in [2.75, 3.05) is 16.8 Å². The molecular weight excluding hydrogens is 288 g/mol. The molecule has 0 bridgehead atoms. The standard InChI is InChI=1S/C19H22N2O2/c1-13-9-14(2)11-17(10-13)21(16(4)22)12-19(23)20-18-8-6-5-7-15(18)3/h5-11H,12H2,1-4H3,(H,20,23). The summed E-state index contributed by atoms with van der Waals surface area (Å²) in [7, 11) is 0. The number of hydrogen-bond acceptors (Lipinski definition) is 2. The molecule has 0 aliphatic heterocycles. The van der Waals surface area contributed by atoms with Gasteiger partial charge in [0.05, 0.1) is 0 Å². The largest absolute Gasteiger partial charge is 0.324 e. The van der Waals surface area contributed by atoms with E-state index in [0.717, 1.165) is 28.1 Å². The van der Waals surface area contributed by atoms with Gasteiger partial charge >= 0.3 is 0 Å². The number of nitrogens with one attached hydrogen (secondary N) is 1. The molecule has 0 atom stereocenters. The van der Waals surface area contributed by atoms with Gasteiger partial charge in [-0.1, -0.05) is 24.3 Å². The normalized spacial score (nSPS) is 10.3. The van der Waals surface area contributed by atoms with E-state index in [1.165, 1.54) is 11.8 Å². The zero-order valence-electron chi connectivity index (χ0n) is 14.0. The zero-order chi connectivity index (χ0) is 17.0. The predicted molar refractivity (Wildman–Crippen MR) is 93.8 cm³/mol. The number of aryl methyl sites for hydroxylation is 3. The van der Waals surface area contributed by atoms with Crippen molar-refractivity contribution >= 4 is 23.2 Å². The number of nitrogens with zero attached hydrogens (tertiary/aromatic N) is 1. The van der Waals surface area contributed by atoms with Crippen LogP contribution in [0.2, 0.25) is 0 Å². The number of benzene rings is 2. The summed E-state index contributed by atoms with van der Waals surface area (Å²) in [5.74, 6) is -0.372. The van der Waals surface area contributed by atoms with E-state index in [4.69, 9.17) is 0 Å². The minimum atomic E-state index is -0.214. The van der Waals surface area contributed by atoms with Crippen LogP contribution in [-0.4, -0.2) is 18.4 Å². The molecule has 4 nitrogen and oxygen atoms in total. The highest BCUT2D eigenvalue weighted by Gasteiger charge is 2.16. The van der Waals surface area contributed by atoms with Crippen LogP contribution in [0.4, 0.5) is 11.4 Å². The lowest BCUT2D eigenvalue weighted by Gasteiger charge is -2.22. The summed E-state index contributed by atoms with van der Waals surface area (Å²) < 4.78 is 0. The van der Waals surface area contributed by atoms with Crippen LogP contribution in [-0.2, 0) is 9.59 Å². The second kappa shape index (κ2) is 7.09. The van der Waals surface area contributed by atoms with Gasteiger partial charge in [-0.2, -0.15) is 0 Å². The summed E-state index contributed by atoms with van der Waals surface area (Å²) >= 11 is 0. The van der Waals surface area contributed by atoms with Gasteiger partial charge in [0.25, 0.3) is 0 Å². The van der Waals surface area contributed by atoms with Crippen LogP contribution in [0.3, 0.4) is 0 Å². The van der Waals surface area contributed by atoms with Crippen molar-refractivity contribution in [2.45, 2.75) is 27.7 Å². The first-order chi connectivity index (χ1) is 10.9. The van der Waals surface area contributed by atoms with E-state index in [-0.39, 0.29) is 18.4 Å². The van der Waals surface area contributed by atoms with Gasteiger partial charge in [0.15, 0.2) is 0 Å². The molecule has 120 valence electrons. The molecule has 1 N–H and O–H groups in total. The second-order valence-corrected chi connectivity index (χ2v) is 5.81. The maximum Gasteiger partial charge on any atom is 0.244 e. The first-order valence-electron chi connectivity index (χ1n) is 7.58. The van der Waals surface area contributed by atoms with Crippen LogP contribution in [0.5, 0.6) is 0 Å². The molecule has 2 amide bonds. The van der Waals surface area contributed by atoms with E-state index < -0.39 is 0 Å². The summed E-state index contributed by atoms with van der Waals surface area (Å²) in [5, 5.41) is 2.86. The maximum absolute atomic E-state index is 12.3. The third-order valence-electron chi connectivity index (χ3n) is 3.62. The first-order valence-corrected chi connectivity index (χ1v) is 7.58. The average Bonchev–Trinajstić information content (AvgIpc) is 2.46. The number of amides is 2. The molecule has 4 heteroatoms. The third-order valence-corrected chi connectivity index (χ3v) is 3.62. The second-order valence-electron chi connectivity index (χ2n) is 5.81. The predicted octanol–water partition coefficient (Wildman–Crippen LogP) is 3.60. The Kier molecular flexibility index (Phi) is 5.16. The van der Waals surface area contributed by atoms with Crippen LogP contribution in [0.25, 0.3) is 0 Å². The van der Waals surface area contributed by atoms with E-state index in [1.807, 2.05) is 63.2 Å². The van der Waals surface area contributed by atoms with Crippen LogP contribution in [0.1, 0.15) is 23.6 Å². The van der Waals surface area contributed by atoms with Crippen LogP contribution in [0.15, 0.2) is 42.5 Å². The Hall–Kier alpha value is -2.62. The minimum absolute atomic E-state index is 0.00738. The number of hydrogen-bond donors (Lipinski definition) is 1. The summed E-state index contributed by atoms with van der Waals surface area (Å²) in [6, 6.07) is 13.4. The zero-order valence-corrected chi connectivity index (χ0v) is 14.0. The Morgan fingerprint density at radius 1 is 1.00 bits per heavy atom. The average molecular weight is 310 g/mol. The molecule has 0 fully saturated rings. The molecule has 0 aliphatic carbocycles. The fourth-order valence-electron chi connectivity index (χ4n) is 2.54. The smallest absolute Gasteiger partial charge is 0.244 e. The molecule has 0 saturated carbocycles. The highest BCUT2D eigenvalue weighted by molar-refractivity contribution is 6.02. The third kappa shape index (κ3) is 4.42. The molecule has 23 heavy (non-hydrogen) atoms. The lowest BCUT2D eigenvalue weighted by molar-refractivity contribution is -0.120. The van der Waals surface area contributed by atoms with Crippen molar-refractivity contribution in [1.82, 2.24) is 0 Å². The maximum atomic E-state index is 12.3. The SMILES string of the molecule is CC(=O)N(CC(=O)Nc1ccccc1C)c1cc(C)cc(C)c1. The Balaban J connectivity index is 2.18. The van der Waals surface area contributed by atoms with Gasteiger partial charge in [0, 0.05) is 18.3 Å². The Bertz CT molecular complexity index is 718. The molecule has 0 spiro atoms. The first kappa shape index (κ1) is 16.7. The molecule has 2 aromatic rings. The molecule has 0 aliphatic rings. The van der Waals surface area contributed by atoms with E-state index in [0.29, 0.717) is 0 Å². The molecule has 0 heterocycles. The molecule has 2 aromatic carbocycles. The Labute approximate surface area is 137 Å². The van der Waals surface area contributed by atoms with Gasteiger partial charge in [-0.05, 0) is 55.7 Å². The molecule has 0 unspecified atom stereocenters. The van der Waals surface area contributed by atoms with Crippen LogP contribution >= 0.6 is 0 Å². The van der Waals surface area contributed by atoms with Crippen molar-refractivity contribution in [3.63, 3.8) is 0 Å². The lowest BCUT2D eigenvalue weighted by atomic mass is 10.1. The number of anilines is 2. The topological polar surface area (TPSA) is 49.4 Å². The molecular formula is C19H22N2O2. The van der Waals surface area contributed by atoms with Crippen molar-refractivity contribution < 1.29 is 9.59 Å². The molecule has 0 radical (unpaired) electrons. The highest BCUT2D eigenvalue weighted by Crippen LogP contribution is 2.19. The quantitative estimate of drug-likeness (QED) is 0.938. The number of carbonyl (C=O) groups is 2. The van der Waals surface area contributed by atoms with Gasteiger partial charge in [0.1, 0.15) is 6.54 Å². The van der Waals surface area contributed by atoms with Crippen molar-refractivity contribution in [1.29, 1.82) is 0 Å². The van der Waals surface area contributed by atoms with Crippen LogP contribution in [0, 0.1) is 20.8 Å². The van der Waals surface area contributed by atoms with E-state index in [1.54, 1.807) is 0 Å². The lowest BCUT2D eigenvalue weighted by Crippen LogP contribution is -2.36. The highest BCUT2D eigenvalue weighted by atomic mass is 16.2. The Morgan fingerprint density at radius 2 is 1.61 bits per heavy atom. The van der Waals surface area contributed by atoms with Crippen molar-refractivity contribution in [3.05, 3.63) is 59.2 Å². The molecule has 2 rings (SSSR count). The van der Waals surface area contributed by atoms with E-state index >= 15 is 0 Å². The summed E-state index contributed by atoms with van der Waals surface area (Å²) in [4.78, 5) is 25.8. The van der Waals surface area contributed by atoms with Crippen LogP contribution < -0.4 is 10.2 Å². The van der Waals surface area contributed by atoms with E-state index in [2.05, 4.69) is 5.32 Å². The molecule has 0 aromatic heterocycles. The van der Waals surface area contributed by atoms with Gasteiger partial charge in [-0.15, -0.1) is 0 Å². The fourth-order valence-corrected chi connectivity index (χ4v) is 2.54. The minimum Gasteiger partial charge on any atom is -0.324 e. The van der Waals surface area contributed by atoms with Gasteiger partial charge < -0.3 is 10.2 Å². The van der Waals surface area contributed by atoms with Gasteiger partial charge in [-0.3, -0.25) is 9.59 Å². The monoisotopic (exact) mass is 310 g/mol. The summed E-state index contributed by atoms with van der Waals surface area (Å²) in [6.45, 7) is 7.35. The van der Waals surface area contributed by atoms with Gasteiger partial charge in [0.2, 0.25) is 11.8 Å². The number of carbonyl (C=O) groups excluding carboxylic acids is 2. The fraction of sp³-hybridized carbons (Fsp3) is 0.263.